The van der Waals surface area contributed by atoms with Gasteiger partial charge in [-0.1, -0.05) is 18.2 Å². The van der Waals surface area contributed by atoms with E-state index in [0.29, 0.717) is 24.6 Å². The fourth-order valence-corrected chi connectivity index (χ4v) is 2.42. The molecule has 0 aliphatic carbocycles. The van der Waals surface area contributed by atoms with Crippen LogP contribution in [-0.4, -0.2) is 38.3 Å². The number of methoxy groups -OCH3 is 1. The Morgan fingerprint density at radius 3 is 2.75 bits per heavy atom. The number of fused-ring (bicyclic) bond motifs is 1. The molecule has 24 heavy (non-hydrogen) atoms. The lowest BCUT2D eigenvalue weighted by Gasteiger charge is -2.15. The average molecular weight is 331 g/mol. The minimum Gasteiger partial charge on any atom is -0.493 e. The Morgan fingerprint density at radius 1 is 1.12 bits per heavy atom. The molecular weight excluding hydrogens is 310 g/mol. The summed E-state index contributed by atoms with van der Waals surface area (Å²) in [6.07, 6.45) is -0.621. The Balaban J connectivity index is 1.42. The van der Waals surface area contributed by atoms with Crippen molar-refractivity contribution in [2.75, 3.05) is 27.1 Å². The molecule has 6 nitrogen and oxygen atoms in total. The van der Waals surface area contributed by atoms with Crippen LogP contribution in [0.3, 0.4) is 0 Å². The van der Waals surface area contributed by atoms with E-state index in [2.05, 4.69) is 5.32 Å². The van der Waals surface area contributed by atoms with Crippen LogP contribution in [0.1, 0.15) is 5.56 Å². The van der Waals surface area contributed by atoms with Gasteiger partial charge in [0.1, 0.15) is 12.7 Å². The van der Waals surface area contributed by atoms with E-state index in [1.54, 1.807) is 7.11 Å². The SMILES string of the molecule is COc1ccccc1OC[C@H](O)CNCc1ccc2c(c1)OCO2. The number of hydrogen-bond acceptors (Lipinski definition) is 6. The smallest absolute Gasteiger partial charge is 0.231 e. The van der Waals surface area contributed by atoms with Crippen LogP contribution in [0, 0.1) is 0 Å². The van der Waals surface area contributed by atoms with Gasteiger partial charge in [-0.25, -0.2) is 0 Å². The van der Waals surface area contributed by atoms with Gasteiger partial charge in [-0.2, -0.15) is 0 Å². The van der Waals surface area contributed by atoms with E-state index in [1.807, 2.05) is 42.5 Å². The van der Waals surface area contributed by atoms with E-state index in [4.69, 9.17) is 18.9 Å². The summed E-state index contributed by atoms with van der Waals surface area (Å²) in [5.41, 5.74) is 1.07. The second-order valence-corrected chi connectivity index (χ2v) is 5.43. The lowest BCUT2D eigenvalue weighted by molar-refractivity contribution is 0.104. The largest absolute Gasteiger partial charge is 0.493 e. The summed E-state index contributed by atoms with van der Waals surface area (Å²) in [6.45, 7) is 1.51. The van der Waals surface area contributed by atoms with E-state index in [1.165, 1.54) is 0 Å². The van der Waals surface area contributed by atoms with Crippen LogP contribution < -0.4 is 24.3 Å². The molecule has 1 aliphatic rings. The molecule has 1 aliphatic heterocycles. The minimum atomic E-state index is -0.621. The van der Waals surface area contributed by atoms with Crippen molar-refractivity contribution in [3.63, 3.8) is 0 Å². The maximum absolute atomic E-state index is 10.0. The molecule has 6 heteroatoms. The van der Waals surface area contributed by atoms with Gasteiger partial charge < -0.3 is 29.4 Å². The summed E-state index contributed by atoms with van der Waals surface area (Å²) in [5, 5.41) is 13.2. The first-order valence-electron chi connectivity index (χ1n) is 7.79. The third-order valence-corrected chi connectivity index (χ3v) is 3.65. The van der Waals surface area contributed by atoms with Gasteiger partial charge in [0.2, 0.25) is 6.79 Å². The molecule has 3 rings (SSSR count). The van der Waals surface area contributed by atoms with Crippen LogP contribution in [0.4, 0.5) is 0 Å². The normalized spacial score (nSPS) is 13.6. The Hall–Kier alpha value is -2.44. The molecule has 128 valence electrons. The number of nitrogens with one attached hydrogen (secondary N) is 1. The zero-order valence-electron chi connectivity index (χ0n) is 13.5. The van der Waals surface area contributed by atoms with Gasteiger partial charge in [0.25, 0.3) is 0 Å². The van der Waals surface area contributed by atoms with E-state index in [0.717, 1.165) is 17.1 Å². The molecule has 0 aromatic heterocycles. The van der Waals surface area contributed by atoms with Crippen molar-refractivity contribution in [2.45, 2.75) is 12.6 Å². The fraction of sp³-hybridized carbons (Fsp3) is 0.333. The van der Waals surface area contributed by atoms with Crippen molar-refractivity contribution in [3.8, 4) is 23.0 Å². The van der Waals surface area contributed by atoms with Gasteiger partial charge in [0, 0.05) is 13.1 Å². The topological polar surface area (TPSA) is 69.2 Å². The van der Waals surface area contributed by atoms with Crippen molar-refractivity contribution in [1.29, 1.82) is 0 Å². The van der Waals surface area contributed by atoms with E-state index in [9.17, 15) is 5.11 Å². The van der Waals surface area contributed by atoms with Crippen LogP contribution >= 0.6 is 0 Å². The highest BCUT2D eigenvalue weighted by Gasteiger charge is 2.13. The molecule has 1 heterocycles. The van der Waals surface area contributed by atoms with Crippen LogP contribution in [-0.2, 0) is 6.54 Å². The summed E-state index contributed by atoms with van der Waals surface area (Å²) in [5.74, 6) is 2.80. The highest BCUT2D eigenvalue weighted by molar-refractivity contribution is 5.44. The Kier molecular flexibility index (Phi) is 5.40. The standard InChI is InChI=1S/C18H21NO5/c1-21-15-4-2-3-5-16(15)22-11-14(20)10-19-9-13-6-7-17-18(8-13)24-12-23-17/h2-8,14,19-20H,9-12H2,1H3/t14-/m1/s1. The van der Waals surface area contributed by atoms with Crippen LogP contribution in [0.2, 0.25) is 0 Å². The molecule has 0 saturated carbocycles. The maximum atomic E-state index is 10.0. The summed E-state index contributed by atoms with van der Waals surface area (Å²) in [7, 11) is 1.59. The molecule has 0 spiro atoms. The molecule has 0 fully saturated rings. The number of ether oxygens (including phenoxy) is 4. The van der Waals surface area contributed by atoms with E-state index < -0.39 is 6.10 Å². The predicted octanol–water partition coefficient (Wildman–Crippen LogP) is 1.95. The molecule has 1 atom stereocenters. The Labute approximate surface area is 140 Å². The summed E-state index contributed by atoms with van der Waals surface area (Å²) in [6, 6.07) is 13.2. The second-order valence-electron chi connectivity index (χ2n) is 5.43. The van der Waals surface area contributed by atoms with Gasteiger partial charge in [-0.05, 0) is 29.8 Å². The third kappa shape index (κ3) is 4.10. The first-order chi connectivity index (χ1) is 11.8. The van der Waals surface area contributed by atoms with Crippen molar-refractivity contribution in [2.24, 2.45) is 0 Å². The first-order valence-corrected chi connectivity index (χ1v) is 7.79. The molecule has 2 N–H and O–H groups in total. The number of rotatable bonds is 8. The van der Waals surface area contributed by atoms with Crippen molar-refractivity contribution < 1.29 is 24.1 Å². The zero-order valence-corrected chi connectivity index (χ0v) is 13.5. The Morgan fingerprint density at radius 2 is 1.92 bits per heavy atom. The lowest BCUT2D eigenvalue weighted by Crippen LogP contribution is -2.31. The summed E-state index contributed by atoms with van der Waals surface area (Å²) >= 11 is 0. The van der Waals surface area contributed by atoms with E-state index in [-0.39, 0.29) is 13.4 Å². The van der Waals surface area contributed by atoms with Crippen LogP contribution in [0.5, 0.6) is 23.0 Å². The average Bonchev–Trinajstić information content (AvgIpc) is 3.08. The van der Waals surface area contributed by atoms with Crippen LogP contribution in [0.15, 0.2) is 42.5 Å². The first kappa shape index (κ1) is 16.4. The van der Waals surface area contributed by atoms with Crippen LogP contribution in [0.25, 0.3) is 0 Å². The maximum Gasteiger partial charge on any atom is 0.231 e. The number of aliphatic hydroxyl groups excluding tert-OH is 1. The molecular formula is C18H21NO5. The number of para-hydroxylation sites is 2. The van der Waals surface area contributed by atoms with Gasteiger partial charge in [0.05, 0.1) is 7.11 Å². The molecule has 0 unspecified atom stereocenters. The van der Waals surface area contributed by atoms with Gasteiger partial charge in [0.15, 0.2) is 23.0 Å². The van der Waals surface area contributed by atoms with E-state index >= 15 is 0 Å². The van der Waals surface area contributed by atoms with Gasteiger partial charge in [-0.3, -0.25) is 0 Å². The molecule has 0 saturated heterocycles. The highest BCUT2D eigenvalue weighted by atomic mass is 16.7. The fourth-order valence-electron chi connectivity index (χ4n) is 2.42. The monoisotopic (exact) mass is 331 g/mol. The lowest BCUT2D eigenvalue weighted by atomic mass is 10.2. The number of benzene rings is 2. The number of hydrogen-bond donors (Lipinski definition) is 2. The molecule has 2 aromatic carbocycles. The Bertz CT molecular complexity index is 676. The quantitative estimate of drug-likeness (QED) is 0.771. The molecule has 0 amide bonds. The summed E-state index contributed by atoms with van der Waals surface area (Å²) in [4.78, 5) is 0. The van der Waals surface area contributed by atoms with Crippen molar-refractivity contribution in [3.05, 3.63) is 48.0 Å². The predicted molar refractivity (Wildman–Crippen MR) is 88.8 cm³/mol. The molecule has 0 radical (unpaired) electrons. The van der Waals surface area contributed by atoms with Crippen molar-refractivity contribution in [1.82, 2.24) is 5.32 Å². The molecule has 0 bridgehead atoms. The third-order valence-electron chi connectivity index (χ3n) is 3.65. The van der Waals surface area contributed by atoms with Crippen molar-refractivity contribution >= 4 is 0 Å². The van der Waals surface area contributed by atoms with Gasteiger partial charge >= 0.3 is 0 Å². The second kappa shape index (κ2) is 7.90. The number of aliphatic hydroxyl groups is 1. The summed E-state index contributed by atoms with van der Waals surface area (Å²) < 4.78 is 21.4. The van der Waals surface area contributed by atoms with Gasteiger partial charge in [-0.15, -0.1) is 0 Å². The highest BCUT2D eigenvalue weighted by Crippen LogP contribution is 2.32. The molecule has 2 aromatic rings. The minimum absolute atomic E-state index is 0.189. The zero-order chi connectivity index (χ0) is 16.8.